The standard InChI is InChI=1S/C19H19N3OS/c23-19(9-8-16-7-4-12-24-16)22-14-18-20-10-11-21(18)13-17(22)15-5-2-1-3-6-15/h1-7,10-12,17H,8-9,13-14H2. The normalized spacial score (nSPS) is 16.8. The van der Waals surface area contributed by atoms with Gasteiger partial charge in [0.1, 0.15) is 5.82 Å². The highest BCUT2D eigenvalue weighted by Gasteiger charge is 2.31. The molecule has 24 heavy (non-hydrogen) atoms. The molecule has 0 spiro atoms. The molecule has 1 aromatic carbocycles. The third-order valence-electron chi connectivity index (χ3n) is 4.53. The first-order chi connectivity index (χ1) is 11.8. The molecule has 0 fully saturated rings. The molecular formula is C19H19N3OS. The molecule has 4 nitrogen and oxygen atoms in total. The van der Waals surface area contributed by atoms with E-state index >= 15 is 0 Å². The first-order valence-electron chi connectivity index (χ1n) is 8.18. The van der Waals surface area contributed by atoms with Crippen molar-refractivity contribution >= 4 is 17.2 Å². The minimum absolute atomic E-state index is 0.0729. The number of hydrogen-bond acceptors (Lipinski definition) is 3. The van der Waals surface area contributed by atoms with Crippen molar-refractivity contribution < 1.29 is 4.79 Å². The highest BCUT2D eigenvalue weighted by molar-refractivity contribution is 7.09. The number of rotatable bonds is 4. The van der Waals surface area contributed by atoms with Crippen LogP contribution in [-0.4, -0.2) is 20.4 Å². The monoisotopic (exact) mass is 337 g/mol. The van der Waals surface area contributed by atoms with Crippen LogP contribution in [0.1, 0.15) is 28.7 Å². The van der Waals surface area contributed by atoms with Gasteiger partial charge in [0.2, 0.25) is 5.91 Å². The Hall–Kier alpha value is -2.40. The van der Waals surface area contributed by atoms with Gasteiger partial charge in [-0.1, -0.05) is 36.4 Å². The van der Waals surface area contributed by atoms with Crippen molar-refractivity contribution in [2.75, 3.05) is 0 Å². The summed E-state index contributed by atoms with van der Waals surface area (Å²) >= 11 is 1.71. The number of fused-ring (bicyclic) bond motifs is 1. The zero-order valence-electron chi connectivity index (χ0n) is 13.3. The maximum atomic E-state index is 12.9. The van der Waals surface area contributed by atoms with E-state index in [-0.39, 0.29) is 11.9 Å². The van der Waals surface area contributed by atoms with E-state index in [4.69, 9.17) is 0 Å². The van der Waals surface area contributed by atoms with E-state index in [1.54, 1.807) is 11.3 Å². The second kappa shape index (κ2) is 6.61. The van der Waals surface area contributed by atoms with Gasteiger partial charge in [-0.3, -0.25) is 4.79 Å². The van der Waals surface area contributed by atoms with Gasteiger partial charge in [-0.05, 0) is 23.4 Å². The lowest BCUT2D eigenvalue weighted by Crippen LogP contribution is -2.41. The number of hydrogen-bond donors (Lipinski definition) is 0. The zero-order chi connectivity index (χ0) is 16.4. The lowest BCUT2D eigenvalue weighted by molar-refractivity contribution is -0.135. The van der Waals surface area contributed by atoms with E-state index in [9.17, 15) is 4.79 Å². The van der Waals surface area contributed by atoms with Gasteiger partial charge in [-0.25, -0.2) is 4.98 Å². The van der Waals surface area contributed by atoms with Crippen LogP contribution in [0.15, 0.2) is 60.2 Å². The lowest BCUT2D eigenvalue weighted by Gasteiger charge is -2.36. The van der Waals surface area contributed by atoms with Crippen molar-refractivity contribution in [2.24, 2.45) is 0 Å². The van der Waals surface area contributed by atoms with Gasteiger partial charge >= 0.3 is 0 Å². The van der Waals surface area contributed by atoms with E-state index in [0.717, 1.165) is 18.8 Å². The lowest BCUT2D eigenvalue weighted by atomic mass is 10.0. The molecular weight excluding hydrogens is 318 g/mol. The van der Waals surface area contributed by atoms with Crippen LogP contribution in [0.5, 0.6) is 0 Å². The molecule has 0 N–H and O–H groups in total. The fraction of sp³-hybridized carbons (Fsp3) is 0.263. The Labute approximate surface area is 145 Å². The van der Waals surface area contributed by atoms with E-state index in [0.29, 0.717) is 13.0 Å². The largest absolute Gasteiger partial charge is 0.331 e. The van der Waals surface area contributed by atoms with Crippen LogP contribution in [0.3, 0.4) is 0 Å². The minimum Gasteiger partial charge on any atom is -0.331 e. The summed E-state index contributed by atoms with van der Waals surface area (Å²) in [5.74, 6) is 1.16. The summed E-state index contributed by atoms with van der Waals surface area (Å²) in [7, 11) is 0. The van der Waals surface area contributed by atoms with Crippen LogP contribution in [0.4, 0.5) is 0 Å². The molecule has 122 valence electrons. The second-order valence-corrected chi connectivity index (χ2v) is 7.06. The topological polar surface area (TPSA) is 38.1 Å². The molecule has 3 heterocycles. The number of carbonyl (C=O) groups is 1. The number of benzene rings is 1. The first kappa shape index (κ1) is 15.1. The smallest absolute Gasteiger partial charge is 0.223 e. The highest BCUT2D eigenvalue weighted by atomic mass is 32.1. The van der Waals surface area contributed by atoms with Crippen LogP contribution in [-0.2, 0) is 24.3 Å². The molecule has 4 rings (SSSR count). The van der Waals surface area contributed by atoms with Crippen molar-refractivity contribution in [1.29, 1.82) is 0 Å². The predicted octanol–water partition coefficient (Wildman–Crippen LogP) is 3.66. The summed E-state index contributed by atoms with van der Waals surface area (Å²) in [4.78, 5) is 20.6. The van der Waals surface area contributed by atoms with Gasteiger partial charge < -0.3 is 9.47 Å². The van der Waals surface area contributed by atoms with Crippen molar-refractivity contribution in [3.63, 3.8) is 0 Å². The fourth-order valence-corrected chi connectivity index (χ4v) is 3.97. The number of thiophene rings is 1. The maximum absolute atomic E-state index is 12.9. The number of imidazole rings is 1. The molecule has 1 atom stereocenters. The Morgan fingerprint density at radius 1 is 1.21 bits per heavy atom. The summed E-state index contributed by atoms with van der Waals surface area (Å²) in [5.41, 5.74) is 1.18. The molecule has 0 bridgehead atoms. The third-order valence-corrected chi connectivity index (χ3v) is 5.47. The SMILES string of the molecule is O=C(CCc1cccs1)N1Cc2nccn2CC1c1ccccc1. The molecule has 0 saturated carbocycles. The Kier molecular flexibility index (Phi) is 4.17. The van der Waals surface area contributed by atoms with Crippen molar-refractivity contribution in [1.82, 2.24) is 14.5 Å². The van der Waals surface area contributed by atoms with E-state index < -0.39 is 0 Å². The Balaban J connectivity index is 1.57. The van der Waals surface area contributed by atoms with Gasteiger partial charge in [0, 0.05) is 30.2 Å². The van der Waals surface area contributed by atoms with Crippen LogP contribution in [0.2, 0.25) is 0 Å². The van der Waals surface area contributed by atoms with Gasteiger partial charge in [-0.2, -0.15) is 0 Å². The number of amides is 1. The third kappa shape index (κ3) is 2.99. The number of aromatic nitrogens is 2. The average Bonchev–Trinajstić information content (AvgIpc) is 3.30. The van der Waals surface area contributed by atoms with Crippen LogP contribution < -0.4 is 0 Å². The molecule has 1 unspecified atom stereocenters. The number of nitrogens with zero attached hydrogens (tertiary/aromatic N) is 3. The summed E-state index contributed by atoms with van der Waals surface area (Å²) < 4.78 is 2.15. The van der Waals surface area contributed by atoms with E-state index in [2.05, 4.69) is 33.1 Å². The van der Waals surface area contributed by atoms with Crippen LogP contribution in [0.25, 0.3) is 0 Å². The molecule has 2 aromatic heterocycles. The molecule has 0 radical (unpaired) electrons. The highest BCUT2D eigenvalue weighted by Crippen LogP contribution is 2.30. The summed E-state index contributed by atoms with van der Waals surface area (Å²) in [6.45, 7) is 1.35. The quantitative estimate of drug-likeness (QED) is 0.729. The molecule has 1 aliphatic rings. The second-order valence-electron chi connectivity index (χ2n) is 6.02. The molecule has 0 saturated heterocycles. The molecule has 3 aromatic rings. The van der Waals surface area contributed by atoms with Gasteiger partial charge in [0.25, 0.3) is 0 Å². The average molecular weight is 337 g/mol. The minimum atomic E-state index is 0.0729. The maximum Gasteiger partial charge on any atom is 0.223 e. The first-order valence-corrected chi connectivity index (χ1v) is 9.06. The van der Waals surface area contributed by atoms with Crippen LogP contribution in [0, 0.1) is 0 Å². The molecule has 1 aliphatic heterocycles. The summed E-state index contributed by atoms with van der Waals surface area (Å²) in [5, 5.41) is 2.06. The molecule has 1 amide bonds. The van der Waals surface area contributed by atoms with Crippen molar-refractivity contribution in [3.8, 4) is 0 Å². The fourth-order valence-electron chi connectivity index (χ4n) is 3.26. The summed E-state index contributed by atoms with van der Waals surface area (Å²) in [6, 6.07) is 14.5. The Bertz CT molecular complexity index is 810. The summed E-state index contributed by atoms with van der Waals surface area (Å²) in [6.07, 6.45) is 5.17. The molecule has 5 heteroatoms. The molecule has 0 aliphatic carbocycles. The predicted molar refractivity (Wildman–Crippen MR) is 94.6 cm³/mol. The van der Waals surface area contributed by atoms with Gasteiger partial charge in [0.05, 0.1) is 12.6 Å². The van der Waals surface area contributed by atoms with E-state index in [1.165, 1.54) is 10.4 Å². The zero-order valence-corrected chi connectivity index (χ0v) is 14.2. The number of carbonyl (C=O) groups excluding carboxylic acids is 1. The van der Waals surface area contributed by atoms with Crippen molar-refractivity contribution in [2.45, 2.75) is 32.0 Å². The van der Waals surface area contributed by atoms with Gasteiger partial charge in [0.15, 0.2) is 0 Å². The van der Waals surface area contributed by atoms with Crippen LogP contribution >= 0.6 is 11.3 Å². The number of aryl methyl sites for hydroxylation is 1. The van der Waals surface area contributed by atoms with Gasteiger partial charge in [-0.15, -0.1) is 11.3 Å². The van der Waals surface area contributed by atoms with E-state index in [1.807, 2.05) is 41.6 Å². The Morgan fingerprint density at radius 3 is 2.88 bits per heavy atom. The Morgan fingerprint density at radius 2 is 2.08 bits per heavy atom. The van der Waals surface area contributed by atoms with Crippen molar-refractivity contribution in [3.05, 3.63) is 76.5 Å².